The van der Waals surface area contributed by atoms with E-state index >= 15 is 0 Å². The molecule has 3 N–H and O–H groups in total. The Bertz CT molecular complexity index is 548. The number of hydrogen-bond acceptors (Lipinski definition) is 5. The summed E-state index contributed by atoms with van der Waals surface area (Å²) in [6, 6.07) is 9.84. The average Bonchev–Trinajstić information content (AvgIpc) is 2.65. The number of rotatable bonds is 6. The summed E-state index contributed by atoms with van der Waals surface area (Å²) in [6.07, 6.45) is 1.36. The number of aliphatic hydroxyl groups is 1. The third-order valence-electron chi connectivity index (χ3n) is 5.24. The number of benzene rings is 1. The summed E-state index contributed by atoms with van der Waals surface area (Å²) in [4.78, 5) is 14.9. The van der Waals surface area contributed by atoms with Crippen molar-refractivity contribution >= 4 is 5.91 Å². The van der Waals surface area contributed by atoms with Crippen molar-refractivity contribution in [2.24, 2.45) is 0 Å². The molecule has 2 saturated heterocycles. The molecule has 2 heterocycles. The highest BCUT2D eigenvalue weighted by atomic mass is 16.5. The van der Waals surface area contributed by atoms with Crippen molar-refractivity contribution in [3.8, 4) is 0 Å². The Hall–Kier alpha value is -1.47. The van der Waals surface area contributed by atoms with E-state index in [2.05, 4.69) is 15.5 Å². The first kappa shape index (κ1) is 18.3. The first-order valence-corrected chi connectivity index (χ1v) is 9.26. The molecule has 0 aromatic heterocycles. The zero-order valence-electron chi connectivity index (χ0n) is 14.7. The number of carbonyl (C=O) groups excluding carboxylic acids is 1. The summed E-state index contributed by atoms with van der Waals surface area (Å²) in [5.74, 6) is 0.0121. The topological polar surface area (TPSA) is 73.8 Å². The normalized spacial score (nSPS) is 27.8. The van der Waals surface area contributed by atoms with Gasteiger partial charge in [-0.2, -0.15) is 0 Å². The number of amides is 1. The smallest absolute Gasteiger partial charge is 0.220 e. The molecule has 0 bridgehead atoms. The zero-order chi connectivity index (χ0) is 17.5. The lowest BCUT2D eigenvalue weighted by atomic mass is 9.79. The zero-order valence-corrected chi connectivity index (χ0v) is 14.7. The molecule has 0 spiro atoms. The molecule has 2 aliphatic rings. The van der Waals surface area contributed by atoms with Crippen molar-refractivity contribution < 1.29 is 14.6 Å². The van der Waals surface area contributed by atoms with Crippen LogP contribution >= 0.6 is 0 Å². The molecule has 0 saturated carbocycles. The highest BCUT2D eigenvalue weighted by Gasteiger charge is 2.42. The SMILES string of the molecule is O=C(CCCN1CCOCC1)N[C@]1(c2ccccc2)CCNC[C@H]1O. The van der Waals surface area contributed by atoms with E-state index in [-0.39, 0.29) is 5.91 Å². The van der Waals surface area contributed by atoms with Gasteiger partial charge in [-0.15, -0.1) is 0 Å². The van der Waals surface area contributed by atoms with E-state index in [0.717, 1.165) is 51.4 Å². The van der Waals surface area contributed by atoms with Crippen LogP contribution in [0.5, 0.6) is 0 Å². The maximum Gasteiger partial charge on any atom is 0.220 e. The monoisotopic (exact) mass is 347 g/mol. The fraction of sp³-hybridized carbons (Fsp3) is 0.632. The third kappa shape index (κ3) is 4.58. The van der Waals surface area contributed by atoms with Crippen LogP contribution in [0.2, 0.25) is 0 Å². The minimum Gasteiger partial charge on any atom is -0.389 e. The van der Waals surface area contributed by atoms with Gasteiger partial charge in [0.1, 0.15) is 0 Å². The first-order valence-electron chi connectivity index (χ1n) is 9.26. The van der Waals surface area contributed by atoms with E-state index in [1.807, 2.05) is 30.3 Å². The molecule has 1 aromatic rings. The summed E-state index contributed by atoms with van der Waals surface area (Å²) >= 11 is 0. The van der Waals surface area contributed by atoms with E-state index < -0.39 is 11.6 Å². The minimum absolute atomic E-state index is 0.0121. The second-order valence-corrected chi connectivity index (χ2v) is 6.91. The quantitative estimate of drug-likeness (QED) is 0.697. The lowest BCUT2D eigenvalue weighted by Gasteiger charge is -2.43. The second kappa shape index (κ2) is 8.76. The molecule has 25 heavy (non-hydrogen) atoms. The van der Waals surface area contributed by atoms with E-state index in [9.17, 15) is 9.90 Å². The molecule has 0 radical (unpaired) electrons. The number of hydrogen-bond donors (Lipinski definition) is 3. The van der Waals surface area contributed by atoms with Crippen molar-refractivity contribution in [3.63, 3.8) is 0 Å². The summed E-state index contributed by atoms with van der Waals surface area (Å²) < 4.78 is 5.35. The van der Waals surface area contributed by atoms with Crippen LogP contribution in [0, 0.1) is 0 Å². The van der Waals surface area contributed by atoms with Gasteiger partial charge in [-0.25, -0.2) is 0 Å². The maximum absolute atomic E-state index is 12.6. The molecule has 2 atom stereocenters. The van der Waals surface area contributed by atoms with E-state index in [1.54, 1.807) is 0 Å². The van der Waals surface area contributed by atoms with Crippen LogP contribution in [-0.2, 0) is 15.1 Å². The van der Waals surface area contributed by atoms with Crippen molar-refractivity contribution in [2.45, 2.75) is 30.9 Å². The van der Waals surface area contributed by atoms with Crippen molar-refractivity contribution in [2.75, 3.05) is 45.9 Å². The van der Waals surface area contributed by atoms with Crippen molar-refractivity contribution in [1.29, 1.82) is 0 Å². The Balaban J connectivity index is 1.59. The molecule has 0 aliphatic carbocycles. The largest absolute Gasteiger partial charge is 0.389 e. The number of β-amino-alcohol motifs (C(OH)–C–C–N with tert-alkyl or cyclic N) is 1. The Kier molecular flexibility index (Phi) is 6.42. The van der Waals surface area contributed by atoms with Crippen LogP contribution in [-0.4, -0.2) is 68.0 Å². The summed E-state index contributed by atoms with van der Waals surface area (Å²) in [7, 11) is 0. The van der Waals surface area contributed by atoms with Gasteiger partial charge in [0.25, 0.3) is 0 Å². The highest BCUT2D eigenvalue weighted by molar-refractivity contribution is 5.77. The van der Waals surface area contributed by atoms with Crippen molar-refractivity contribution in [1.82, 2.24) is 15.5 Å². The maximum atomic E-state index is 12.6. The van der Waals surface area contributed by atoms with Gasteiger partial charge < -0.3 is 20.5 Å². The van der Waals surface area contributed by atoms with Crippen LogP contribution in [0.15, 0.2) is 30.3 Å². The molecule has 2 fully saturated rings. The van der Waals surface area contributed by atoms with Gasteiger partial charge in [-0.3, -0.25) is 9.69 Å². The third-order valence-corrected chi connectivity index (χ3v) is 5.24. The van der Waals surface area contributed by atoms with Gasteiger partial charge >= 0.3 is 0 Å². The predicted octanol–water partition coefficient (Wildman–Crippen LogP) is 0.465. The molecule has 1 aromatic carbocycles. The second-order valence-electron chi connectivity index (χ2n) is 6.91. The number of nitrogens with one attached hydrogen (secondary N) is 2. The van der Waals surface area contributed by atoms with Gasteiger partial charge in [-0.1, -0.05) is 30.3 Å². The average molecular weight is 347 g/mol. The Labute approximate surface area is 149 Å². The van der Waals surface area contributed by atoms with Gasteiger partial charge in [0, 0.05) is 26.1 Å². The van der Waals surface area contributed by atoms with Gasteiger partial charge in [-0.05, 0) is 31.5 Å². The molecule has 6 heteroatoms. The molecule has 138 valence electrons. The minimum atomic E-state index is -0.692. The van der Waals surface area contributed by atoms with E-state index in [0.29, 0.717) is 19.4 Å². The number of carbonyl (C=O) groups is 1. The highest BCUT2D eigenvalue weighted by Crippen LogP contribution is 2.31. The van der Waals surface area contributed by atoms with Crippen LogP contribution in [0.3, 0.4) is 0 Å². The lowest BCUT2D eigenvalue weighted by Crippen LogP contribution is -2.61. The fourth-order valence-electron chi connectivity index (χ4n) is 3.75. The summed E-state index contributed by atoms with van der Waals surface area (Å²) in [6.45, 7) is 5.63. The van der Waals surface area contributed by atoms with Crippen LogP contribution in [0.25, 0.3) is 0 Å². The number of aliphatic hydroxyl groups excluding tert-OH is 1. The standard InChI is InChI=1S/C19H29N3O3/c23-17-15-20-9-8-19(17,16-5-2-1-3-6-16)21-18(24)7-4-10-22-11-13-25-14-12-22/h1-3,5-6,17,20,23H,4,7-15H2,(H,21,24)/t17-,19+/m1/s1. The van der Waals surface area contributed by atoms with E-state index in [1.165, 1.54) is 0 Å². The fourth-order valence-corrected chi connectivity index (χ4v) is 3.75. The van der Waals surface area contributed by atoms with Crippen LogP contribution in [0.4, 0.5) is 0 Å². The van der Waals surface area contributed by atoms with Crippen LogP contribution < -0.4 is 10.6 Å². The lowest BCUT2D eigenvalue weighted by molar-refractivity contribution is -0.126. The molecule has 2 aliphatic heterocycles. The van der Waals surface area contributed by atoms with E-state index in [4.69, 9.17) is 4.74 Å². The van der Waals surface area contributed by atoms with Gasteiger partial charge in [0.05, 0.1) is 24.9 Å². The number of piperidine rings is 1. The molecular weight excluding hydrogens is 318 g/mol. The van der Waals surface area contributed by atoms with Gasteiger partial charge in [0.2, 0.25) is 5.91 Å². The summed E-state index contributed by atoms with van der Waals surface area (Å²) in [5, 5.41) is 17.0. The number of morpholine rings is 1. The molecule has 1 amide bonds. The Morgan fingerprint density at radius 1 is 1.32 bits per heavy atom. The molecule has 3 rings (SSSR count). The molecule has 6 nitrogen and oxygen atoms in total. The number of ether oxygens (including phenoxy) is 1. The van der Waals surface area contributed by atoms with Gasteiger partial charge in [0.15, 0.2) is 0 Å². The molecule has 0 unspecified atom stereocenters. The Morgan fingerprint density at radius 3 is 2.80 bits per heavy atom. The van der Waals surface area contributed by atoms with Crippen molar-refractivity contribution in [3.05, 3.63) is 35.9 Å². The Morgan fingerprint density at radius 2 is 2.08 bits per heavy atom. The molecular formula is C19H29N3O3. The number of nitrogens with zero attached hydrogens (tertiary/aromatic N) is 1. The van der Waals surface area contributed by atoms with Crippen LogP contribution in [0.1, 0.15) is 24.8 Å². The predicted molar refractivity (Wildman–Crippen MR) is 96.2 cm³/mol. The first-order chi connectivity index (χ1) is 12.2. The summed E-state index contributed by atoms with van der Waals surface area (Å²) in [5.41, 5.74) is 0.285.